The minimum Gasteiger partial charge on any atom is -0.376 e. The average molecular weight is 268 g/mol. The lowest BCUT2D eigenvalue weighted by atomic mass is 9.94. The molecule has 2 atom stereocenters. The Balaban J connectivity index is 2.26. The SMILES string of the molecule is CC1OCCC1(C)NC(=O)c1c([N+](=O)[O-])cnn1C. The van der Waals surface area contributed by atoms with Crippen molar-refractivity contribution >= 4 is 11.6 Å². The summed E-state index contributed by atoms with van der Waals surface area (Å²) >= 11 is 0. The van der Waals surface area contributed by atoms with Gasteiger partial charge in [-0.2, -0.15) is 5.10 Å². The lowest BCUT2D eigenvalue weighted by molar-refractivity contribution is -0.385. The van der Waals surface area contributed by atoms with E-state index < -0.39 is 16.4 Å². The number of nitrogens with one attached hydrogen (secondary N) is 1. The first-order valence-electron chi connectivity index (χ1n) is 5.95. The number of aryl methyl sites for hydroxylation is 1. The molecule has 2 heterocycles. The normalized spacial score (nSPS) is 26.4. The van der Waals surface area contributed by atoms with Gasteiger partial charge in [0.1, 0.15) is 6.20 Å². The number of rotatable bonds is 3. The van der Waals surface area contributed by atoms with Crippen molar-refractivity contribution in [3.05, 3.63) is 22.0 Å². The number of aromatic nitrogens is 2. The van der Waals surface area contributed by atoms with Crippen molar-refractivity contribution in [2.24, 2.45) is 7.05 Å². The van der Waals surface area contributed by atoms with Gasteiger partial charge < -0.3 is 10.1 Å². The second-order valence-corrected chi connectivity index (χ2v) is 4.89. The van der Waals surface area contributed by atoms with Gasteiger partial charge in [0.2, 0.25) is 5.69 Å². The zero-order chi connectivity index (χ0) is 14.2. The third-order valence-electron chi connectivity index (χ3n) is 3.62. The van der Waals surface area contributed by atoms with Gasteiger partial charge in [-0.05, 0) is 20.3 Å². The van der Waals surface area contributed by atoms with Crippen molar-refractivity contribution in [3.63, 3.8) is 0 Å². The summed E-state index contributed by atoms with van der Waals surface area (Å²) in [5.41, 5.74) is -0.865. The van der Waals surface area contributed by atoms with E-state index in [9.17, 15) is 14.9 Å². The Morgan fingerprint density at radius 1 is 1.74 bits per heavy atom. The van der Waals surface area contributed by atoms with Crippen molar-refractivity contribution in [2.75, 3.05) is 6.61 Å². The van der Waals surface area contributed by atoms with E-state index in [-0.39, 0.29) is 17.5 Å². The van der Waals surface area contributed by atoms with Gasteiger partial charge in [0.25, 0.3) is 5.91 Å². The number of nitro groups is 1. The van der Waals surface area contributed by atoms with Crippen LogP contribution in [0, 0.1) is 10.1 Å². The molecule has 0 radical (unpaired) electrons. The Bertz CT molecular complexity index is 527. The Labute approximate surface area is 109 Å². The molecule has 1 amide bonds. The highest BCUT2D eigenvalue weighted by Gasteiger charge is 2.40. The molecular weight excluding hydrogens is 252 g/mol. The molecular formula is C11H16N4O4. The predicted octanol–water partition coefficient (Wildman–Crippen LogP) is 0.626. The second kappa shape index (κ2) is 4.61. The van der Waals surface area contributed by atoms with Crippen molar-refractivity contribution in [2.45, 2.75) is 31.9 Å². The molecule has 104 valence electrons. The summed E-state index contributed by atoms with van der Waals surface area (Å²) in [4.78, 5) is 22.5. The quantitative estimate of drug-likeness (QED) is 0.640. The van der Waals surface area contributed by atoms with E-state index in [1.165, 1.54) is 11.7 Å². The molecule has 1 fully saturated rings. The van der Waals surface area contributed by atoms with Gasteiger partial charge in [-0.1, -0.05) is 0 Å². The molecule has 0 aliphatic carbocycles. The molecule has 0 saturated carbocycles. The molecule has 0 aromatic carbocycles. The fourth-order valence-electron chi connectivity index (χ4n) is 2.14. The third kappa shape index (κ3) is 2.30. The molecule has 1 aliphatic heterocycles. The first-order chi connectivity index (χ1) is 8.85. The van der Waals surface area contributed by atoms with E-state index in [4.69, 9.17) is 4.74 Å². The zero-order valence-corrected chi connectivity index (χ0v) is 11.0. The maximum absolute atomic E-state index is 12.2. The van der Waals surface area contributed by atoms with Crippen LogP contribution < -0.4 is 5.32 Å². The van der Waals surface area contributed by atoms with Gasteiger partial charge in [0.05, 0.1) is 16.6 Å². The third-order valence-corrected chi connectivity index (χ3v) is 3.62. The monoisotopic (exact) mass is 268 g/mol. The second-order valence-electron chi connectivity index (χ2n) is 4.89. The summed E-state index contributed by atoms with van der Waals surface area (Å²) < 4.78 is 6.63. The Hall–Kier alpha value is -1.96. The van der Waals surface area contributed by atoms with Crippen LogP contribution in [0.3, 0.4) is 0 Å². The van der Waals surface area contributed by atoms with Gasteiger partial charge in [0.15, 0.2) is 0 Å². The summed E-state index contributed by atoms with van der Waals surface area (Å²) in [6.45, 7) is 4.29. The lowest BCUT2D eigenvalue weighted by Gasteiger charge is -2.28. The average Bonchev–Trinajstić information content (AvgIpc) is 2.84. The van der Waals surface area contributed by atoms with E-state index in [1.807, 2.05) is 13.8 Å². The molecule has 2 unspecified atom stereocenters. The molecule has 1 aromatic rings. The number of ether oxygens (including phenoxy) is 1. The highest BCUT2D eigenvalue weighted by atomic mass is 16.6. The van der Waals surface area contributed by atoms with Crippen LogP contribution in [-0.4, -0.2) is 38.9 Å². The van der Waals surface area contributed by atoms with E-state index in [2.05, 4.69) is 10.4 Å². The molecule has 8 nitrogen and oxygen atoms in total. The fourth-order valence-corrected chi connectivity index (χ4v) is 2.14. The summed E-state index contributed by atoms with van der Waals surface area (Å²) in [6, 6.07) is 0. The van der Waals surface area contributed by atoms with Crippen LogP contribution in [0.15, 0.2) is 6.20 Å². The molecule has 19 heavy (non-hydrogen) atoms. The number of hydrogen-bond donors (Lipinski definition) is 1. The van der Waals surface area contributed by atoms with Crippen molar-refractivity contribution in [3.8, 4) is 0 Å². The van der Waals surface area contributed by atoms with Gasteiger partial charge in [-0.3, -0.25) is 19.6 Å². The van der Waals surface area contributed by atoms with Gasteiger partial charge in [-0.25, -0.2) is 0 Å². The first kappa shape index (κ1) is 13.5. The van der Waals surface area contributed by atoms with Crippen LogP contribution in [0.2, 0.25) is 0 Å². The Kier molecular flexibility index (Phi) is 3.27. The van der Waals surface area contributed by atoms with Gasteiger partial charge >= 0.3 is 5.69 Å². The van der Waals surface area contributed by atoms with E-state index in [0.717, 1.165) is 6.20 Å². The highest BCUT2D eigenvalue weighted by molar-refractivity contribution is 5.96. The minimum absolute atomic E-state index is 0.0506. The van der Waals surface area contributed by atoms with Crippen molar-refractivity contribution < 1.29 is 14.5 Å². The van der Waals surface area contributed by atoms with Crippen molar-refractivity contribution in [1.29, 1.82) is 0 Å². The van der Waals surface area contributed by atoms with Crippen LogP contribution in [0.25, 0.3) is 0 Å². The number of carbonyl (C=O) groups excluding carboxylic acids is 1. The predicted molar refractivity (Wildman–Crippen MR) is 65.8 cm³/mol. The lowest BCUT2D eigenvalue weighted by Crippen LogP contribution is -2.51. The molecule has 1 saturated heterocycles. The largest absolute Gasteiger partial charge is 0.376 e. The Morgan fingerprint density at radius 3 is 2.95 bits per heavy atom. The summed E-state index contributed by atoms with van der Waals surface area (Å²) in [5.74, 6) is -0.508. The topological polar surface area (TPSA) is 99.3 Å². The summed E-state index contributed by atoms with van der Waals surface area (Å²) in [6.07, 6.45) is 1.61. The standard InChI is InChI=1S/C11H16N4O4/c1-7-11(2,4-5-19-7)13-10(16)9-8(15(17)18)6-12-14(9)3/h6-7H,4-5H2,1-3H3,(H,13,16). The van der Waals surface area contributed by atoms with E-state index >= 15 is 0 Å². The maximum atomic E-state index is 12.2. The number of nitrogens with zero attached hydrogens (tertiary/aromatic N) is 3. The van der Waals surface area contributed by atoms with Crippen LogP contribution in [0.5, 0.6) is 0 Å². The number of carbonyl (C=O) groups is 1. The first-order valence-corrected chi connectivity index (χ1v) is 5.95. The number of amides is 1. The molecule has 8 heteroatoms. The van der Waals surface area contributed by atoms with E-state index in [0.29, 0.717) is 13.0 Å². The molecule has 0 spiro atoms. The molecule has 0 bridgehead atoms. The smallest absolute Gasteiger partial charge is 0.320 e. The molecule has 2 rings (SSSR count). The molecule has 1 N–H and O–H groups in total. The minimum atomic E-state index is -0.612. The van der Waals surface area contributed by atoms with Crippen LogP contribution >= 0.6 is 0 Å². The van der Waals surface area contributed by atoms with Gasteiger partial charge in [-0.15, -0.1) is 0 Å². The number of hydrogen-bond acceptors (Lipinski definition) is 5. The van der Waals surface area contributed by atoms with Crippen LogP contribution in [-0.2, 0) is 11.8 Å². The van der Waals surface area contributed by atoms with Crippen LogP contribution in [0.1, 0.15) is 30.8 Å². The molecule has 1 aliphatic rings. The van der Waals surface area contributed by atoms with Crippen LogP contribution in [0.4, 0.5) is 5.69 Å². The maximum Gasteiger partial charge on any atom is 0.320 e. The highest BCUT2D eigenvalue weighted by Crippen LogP contribution is 2.26. The zero-order valence-electron chi connectivity index (χ0n) is 11.0. The molecule has 1 aromatic heterocycles. The van der Waals surface area contributed by atoms with Crippen molar-refractivity contribution in [1.82, 2.24) is 15.1 Å². The Morgan fingerprint density at radius 2 is 2.42 bits per heavy atom. The summed E-state index contributed by atoms with van der Waals surface area (Å²) in [7, 11) is 1.50. The van der Waals surface area contributed by atoms with E-state index in [1.54, 1.807) is 0 Å². The van der Waals surface area contributed by atoms with Gasteiger partial charge in [0, 0.05) is 13.7 Å². The summed E-state index contributed by atoms with van der Waals surface area (Å²) in [5, 5.41) is 17.4. The fraction of sp³-hybridized carbons (Fsp3) is 0.636.